The van der Waals surface area contributed by atoms with Gasteiger partial charge in [-0.15, -0.1) is 0 Å². The summed E-state index contributed by atoms with van der Waals surface area (Å²) >= 11 is 0. The molecule has 1 aliphatic heterocycles. The van der Waals surface area contributed by atoms with Crippen LogP contribution in [0.15, 0.2) is 11.6 Å². The van der Waals surface area contributed by atoms with Crippen molar-refractivity contribution < 1.29 is 19.1 Å². The molecule has 1 fully saturated rings. The summed E-state index contributed by atoms with van der Waals surface area (Å²) in [5.41, 5.74) is 0.324. The molecule has 0 spiro atoms. The number of nitrogens with zero attached hydrogens (tertiary/aromatic N) is 1. The van der Waals surface area contributed by atoms with E-state index in [1.54, 1.807) is 6.92 Å². The fourth-order valence-corrected chi connectivity index (χ4v) is 1.92. The molecule has 15 heavy (non-hydrogen) atoms. The van der Waals surface area contributed by atoms with Crippen molar-refractivity contribution in [1.29, 1.82) is 0 Å². The molecule has 5 nitrogen and oxygen atoms in total. The van der Waals surface area contributed by atoms with Gasteiger partial charge in [0.25, 0.3) is 0 Å². The number of carbonyl (C=O) groups is 3. The molecular formula is C10H11NO4. The van der Waals surface area contributed by atoms with Crippen LogP contribution in [0.2, 0.25) is 0 Å². The van der Waals surface area contributed by atoms with Crippen LogP contribution in [-0.4, -0.2) is 36.3 Å². The molecule has 0 aromatic carbocycles. The van der Waals surface area contributed by atoms with E-state index in [4.69, 9.17) is 4.74 Å². The van der Waals surface area contributed by atoms with Gasteiger partial charge in [0, 0.05) is 12.6 Å². The Morgan fingerprint density at radius 1 is 1.47 bits per heavy atom. The summed E-state index contributed by atoms with van der Waals surface area (Å²) in [6.07, 6.45) is 1.52. The highest BCUT2D eigenvalue weighted by molar-refractivity contribution is 6.14. The summed E-state index contributed by atoms with van der Waals surface area (Å²) in [5, 5.41) is 0. The van der Waals surface area contributed by atoms with Crippen LogP contribution in [0.25, 0.3) is 0 Å². The fraction of sp³-hybridized carbons (Fsp3) is 0.500. The molecular weight excluding hydrogens is 198 g/mol. The normalized spacial score (nSPS) is 28.4. The number of fused-ring (bicyclic) bond motifs is 1. The quantitative estimate of drug-likeness (QED) is 0.463. The summed E-state index contributed by atoms with van der Waals surface area (Å²) in [6, 6.07) is 0. The van der Waals surface area contributed by atoms with Gasteiger partial charge in [0.2, 0.25) is 11.8 Å². The topological polar surface area (TPSA) is 63.7 Å². The SMILES string of the molecule is CCOC(=O)C1=CC2C(=O)N(C)C(=O)C12. The molecule has 2 unspecified atom stereocenters. The van der Waals surface area contributed by atoms with Crippen molar-refractivity contribution in [3.63, 3.8) is 0 Å². The van der Waals surface area contributed by atoms with Gasteiger partial charge in [0.05, 0.1) is 18.4 Å². The van der Waals surface area contributed by atoms with Gasteiger partial charge < -0.3 is 4.74 Å². The Balaban J connectivity index is 2.19. The van der Waals surface area contributed by atoms with Crippen LogP contribution < -0.4 is 0 Å². The average molecular weight is 209 g/mol. The van der Waals surface area contributed by atoms with E-state index in [0.29, 0.717) is 5.57 Å². The van der Waals surface area contributed by atoms with Gasteiger partial charge in [-0.25, -0.2) is 4.79 Å². The number of amides is 2. The first-order valence-corrected chi connectivity index (χ1v) is 4.78. The van der Waals surface area contributed by atoms with E-state index < -0.39 is 17.8 Å². The van der Waals surface area contributed by atoms with Gasteiger partial charge in [0.1, 0.15) is 0 Å². The molecule has 0 N–H and O–H groups in total. The van der Waals surface area contributed by atoms with E-state index in [0.717, 1.165) is 4.90 Å². The zero-order chi connectivity index (χ0) is 11.2. The van der Waals surface area contributed by atoms with Crippen LogP contribution in [0.1, 0.15) is 6.92 Å². The second kappa shape index (κ2) is 3.18. The number of ether oxygens (including phenoxy) is 1. The number of esters is 1. The first kappa shape index (κ1) is 9.89. The van der Waals surface area contributed by atoms with Crippen molar-refractivity contribution >= 4 is 17.8 Å². The number of likely N-dealkylation sites (tertiary alicyclic amines) is 1. The highest BCUT2D eigenvalue weighted by Crippen LogP contribution is 2.41. The van der Waals surface area contributed by atoms with Crippen molar-refractivity contribution in [3.8, 4) is 0 Å². The smallest absolute Gasteiger partial charge is 0.334 e. The first-order valence-electron chi connectivity index (χ1n) is 4.78. The molecule has 1 heterocycles. The Labute approximate surface area is 86.7 Å². The molecule has 1 aliphatic carbocycles. The van der Waals surface area contributed by atoms with Gasteiger partial charge in [-0.2, -0.15) is 0 Å². The Morgan fingerprint density at radius 2 is 2.13 bits per heavy atom. The van der Waals surface area contributed by atoms with Gasteiger partial charge in [-0.1, -0.05) is 6.08 Å². The molecule has 1 saturated heterocycles. The molecule has 0 radical (unpaired) electrons. The van der Waals surface area contributed by atoms with Crippen LogP contribution in [-0.2, 0) is 19.1 Å². The van der Waals surface area contributed by atoms with Crippen molar-refractivity contribution in [2.24, 2.45) is 11.8 Å². The van der Waals surface area contributed by atoms with Gasteiger partial charge >= 0.3 is 5.97 Å². The lowest BCUT2D eigenvalue weighted by molar-refractivity contribution is -0.142. The second-order valence-electron chi connectivity index (χ2n) is 3.58. The number of hydrogen-bond acceptors (Lipinski definition) is 4. The third kappa shape index (κ3) is 1.19. The third-order valence-corrected chi connectivity index (χ3v) is 2.78. The van der Waals surface area contributed by atoms with Crippen LogP contribution >= 0.6 is 0 Å². The average Bonchev–Trinajstić information content (AvgIpc) is 2.28. The Bertz CT molecular complexity index is 385. The van der Waals surface area contributed by atoms with Crippen molar-refractivity contribution in [3.05, 3.63) is 11.6 Å². The first-order chi connectivity index (χ1) is 7.07. The lowest BCUT2D eigenvalue weighted by Gasteiger charge is -2.23. The summed E-state index contributed by atoms with van der Waals surface area (Å²) in [7, 11) is 1.43. The van der Waals surface area contributed by atoms with Crippen LogP contribution in [0.5, 0.6) is 0 Å². The molecule has 2 amide bonds. The van der Waals surface area contributed by atoms with Gasteiger partial charge in [-0.3, -0.25) is 14.5 Å². The minimum Gasteiger partial charge on any atom is -0.463 e. The zero-order valence-corrected chi connectivity index (χ0v) is 8.52. The lowest BCUT2D eigenvalue weighted by atomic mass is 9.76. The minimum absolute atomic E-state index is 0.238. The van der Waals surface area contributed by atoms with Crippen molar-refractivity contribution in [2.75, 3.05) is 13.7 Å². The molecule has 2 rings (SSSR count). The number of rotatable bonds is 2. The molecule has 2 aliphatic rings. The maximum absolute atomic E-state index is 11.6. The largest absolute Gasteiger partial charge is 0.463 e. The molecule has 80 valence electrons. The fourth-order valence-electron chi connectivity index (χ4n) is 1.92. The molecule has 0 saturated carbocycles. The molecule has 0 aromatic heterocycles. The van der Waals surface area contributed by atoms with E-state index in [-0.39, 0.29) is 18.4 Å². The molecule has 2 atom stereocenters. The summed E-state index contributed by atoms with van der Waals surface area (Å²) < 4.78 is 4.78. The second-order valence-corrected chi connectivity index (χ2v) is 3.58. The zero-order valence-electron chi connectivity index (χ0n) is 8.52. The minimum atomic E-state index is -0.596. The molecule has 0 bridgehead atoms. The van der Waals surface area contributed by atoms with Crippen molar-refractivity contribution in [2.45, 2.75) is 6.92 Å². The summed E-state index contributed by atoms with van der Waals surface area (Å²) in [6.45, 7) is 1.97. The lowest BCUT2D eigenvalue weighted by Crippen LogP contribution is -2.33. The maximum Gasteiger partial charge on any atom is 0.334 e. The van der Waals surface area contributed by atoms with Gasteiger partial charge in [-0.05, 0) is 6.92 Å². The monoisotopic (exact) mass is 209 g/mol. The van der Waals surface area contributed by atoms with E-state index in [1.807, 2.05) is 0 Å². The van der Waals surface area contributed by atoms with Crippen LogP contribution in [0.4, 0.5) is 0 Å². The van der Waals surface area contributed by atoms with Crippen molar-refractivity contribution in [1.82, 2.24) is 4.90 Å². The van der Waals surface area contributed by atoms with Crippen LogP contribution in [0.3, 0.4) is 0 Å². The third-order valence-electron chi connectivity index (χ3n) is 2.78. The van der Waals surface area contributed by atoms with E-state index in [1.165, 1.54) is 13.1 Å². The van der Waals surface area contributed by atoms with E-state index >= 15 is 0 Å². The Morgan fingerprint density at radius 3 is 2.67 bits per heavy atom. The highest BCUT2D eigenvalue weighted by Gasteiger charge is 2.54. The molecule has 5 heteroatoms. The molecule has 0 aromatic rings. The standard InChI is InChI=1S/C10H11NO4/c1-3-15-10(14)6-4-5-7(6)9(13)11(2)8(5)12/h4-5,7H,3H2,1-2H3. The summed E-state index contributed by atoms with van der Waals surface area (Å²) in [5.74, 6) is -2.08. The highest BCUT2D eigenvalue weighted by atomic mass is 16.5. The maximum atomic E-state index is 11.6. The Hall–Kier alpha value is -1.65. The predicted molar refractivity (Wildman–Crippen MR) is 49.5 cm³/mol. The van der Waals surface area contributed by atoms with E-state index in [9.17, 15) is 14.4 Å². The van der Waals surface area contributed by atoms with E-state index in [2.05, 4.69) is 0 Å². The number of carbonyl (C=O) groups excluding carboxylic acids is 3. The number of hydrogen-bond donors (Lipinski definition) is 0. The Kier molecular flexibility index (Phi) is 2.10. The van der Waals surface area contributed by atoms with Crippen LogP contribution in [0, 0.1) is 11.8 Å². The number of imide groups is 1. The van der Waals surface area contributed by atoms with Gasteiger partial charge in [0.15, 0.2) is 0 Å². The predicted octanol–water partition coefficient (Wildman–Crippen LogP) is -0.280. The summed E-state index contributed by atoms with van der Waals surface area (Å²) in [4.78, 5) is 35.4.